The molecule has 0 unspecified atom stereocenters. The van der Waals surface area contributed by atoms with E-state index >= 15 is 0 Å². The normalized spacial score (nSPS) is 12.2. The van der Waals surface area contributed by atoms with Gasteiger partial charge in [0.05, 0.1) is 7.11 Å². The van der Waals surface area contributed by atoms with E-state index in [1.54, 1.807) is 11.8 Å². The lowest BCUT2D eigenvalue weighted by molar-refractivity contribution is 0.171. The smallest absolute Gasteiger partial charge is 0.406 e. The van der Waals surface area contributed by atoms with Gasteiger partial charge in [0.25, 0.3) is 0 Å². The second-order valence-corrected chi connectivity index (χ2v) is 4.02. The van der Waals surface area contributed by atoms with Crippen LogP contribution in [0.1, 0.15) is 6.42 Å². The Balaban J connectivity index is 3.30. The molecule has 72 valence electrons. The molecule has 0 aromatic carbocycles. The Morgan fingerprint density at radius 2 is 2.42 bits per heavy atom. The number of carbonyl (C=O) groups excluding carboxylic acids is 1. The van der Waals surface area contributed by atoms with E-state index < -0.39 is 6.09 Å². The van der Waals surface area contributed by atoms with Crippen molar-refractivity contribution in [2.24, 2.45) is 0 Å². The van der Waals surface area contributed by atoms with Crippen LogP contribution < -0.4 is 5.32 Å². The number of thioether (sulfide) groups is 1. The molecule has 0 aliphatic rings. The molecule has 0 rings (SSSR count). The van der Waals surface area contributed by atoms with Crippen molar-refractivity contribution in [3.8, 4) is 0 Å². The van der Waals surface area contributed by atoms with Gasteiger partial charge in [-0.25, -0.2) is 4.79 Å². The van der Waals surface area contributed by atoms with E-state index in [1.165, 1.54) is 7.11 Å². The summed E-state index contributed by atoms with van der Waals surface area (Å²) in [4.78, 5) is 10.6. The van der Waals surface area contributed by atoms with Gasteiger partial charge in [-0.15, -0.1) is 0 Å². The summed E-state index contributed by atoms with van der Waals surface area (Å²) in [5.74, 6) is 1.07. The summed E-state index contributed by atoms with van der Waals surface area (Å²) < 4.78 is 4.42. The van der Waals surface area contributed by atoms with Gasteiger partial charge < -0.3 is 10.1 Å². The predicted molar refractivity (Wildman–Crippen MR) is 56.2 cm³/mol. The minimum Gasteiger partial charge on any atom is -0.453 e. The summed E-state index contributed by atoms with van der Waals surface area (Å²) in [6.45, 7) is 0.566. The number of carbonyl (C=O) groups is 1. The molecule has 5 heteroatoms. The summed E-state index contributed by atoms with van der Waals surface area (Å²) in [5.41, 5.74) is 0. The van der Waals surface area contributed by atoms with Crippen molar-refractivity contribution in [1.82, 2.24) is 5.32 Å². The number of thiol groups is 1. The van der Waals surface area contributed by atoms with Gasteiger partial charge in [0, 0.05) is 11.8 Å². The molecule has 0 fully saturated rings. The van der Waals surface area contributed by atoms with Crippen LogP contribution in [0, 0.1) is 0 Å². The molecule has 12 heavy (non-hydrogen) atoms. The first-order chi connectivity index (χ1) is 5.70. The third-order valence-corrected chi connectivity index (χ3v) is 2.41. The van der Waals surface area contributed by atoms with Crippen LogP contribution in [0.5, 0.6) is 0 Å². The molecule has 0 aromatic rings. The molecule has 0 spiro atoms. The topological polar surface area (TPSA) is 38.3 Å². The van der Waals surface area contributed by atoms with Crippen LogP contribution in [0.25, 0.3) is 0 Å². The summed E-state index contributed by atoms with van der Waals surface area (Å²) in [5, 5.41) is 2.81. The molecule has 0 saturated carbocycles. The number of hydrogen-bond donors (Lipinski definition) is 2. The zero-order valence-corrected chi connectivity index (χ0v) is 9.08. The van der Waals surface area contributed by atoms with Gasteiger partial charge in [-0.2, -0.15) is 24.4 Å². The molecule has 0 bridgehead atoms. The first-order valence-electron chi connectivity index (χ1n) is 3.69. The van der Waals surface area contributed by atoms with E-state index in [2.05, 4.69) is 22.7 Å². The molecule has 0 saturated heterocycles. The van der Waals surface area contributed by atoms with E-state index in [4.69, 9.17) is 0 Å². The van der Waals surface area contributed by atoms with E-state index in [0.717, 1.165) is 12.2 Å². The minimum atomic E-state index is -0.391. The maximum Gasteiger partial charge on any atom is 0.406 e. The lowest BCUT2D eigenvalue weighted by Crippen LogP contribution is -2.29. The first kappa shape index (κ1) is 12.0. The third kappa shape index (κ3) is 6.67. The Labute approximate surface area is 83.0 Å². The Kier molecular flexibility index (Phi) is 7.59. The van der Waals surface area contributed by atoms with E-state index in [1.807, 2.05) is 6.26 Å². The third-order valence-electron chi connectivity index (χ3n) is 1.32. The highest BCUT2D eigenvalue weighted by molar-refractivity contribution is 7.98. The maximum atomic E-state index is 10.6. The number of nitrogens with one attached hydrogen (secondary N) is 1. The van der Waals surface area contributed by atoms with Crippen molar-refractivity contribution in [2.45, 2.75) is 11.7 Å². The molecule has 0 heterocycles. The summed E-state index contributed by atoms with van der Waals surface area (Å²) in [6, 6.07) is 0. The average Bonchev–Trinajstić information content (AvgIpc) is 2.10. The molecule has 0 aromatic heterocycles. The monoisotopic (exact) mass is 209 g/mol. The van der Waals surface area contributed by atoms with Crippen LogP contribution in [0.15, 0.2) is 0 Å². The molecule has 1 amide bonds. The van der Waals surface area contributed by atoms with E-state index in [9.17, 15) is 4.79 Å². The van der Waals surface area contributed by atoms with Gasteiger partial charge in [-0.05, 0) is 18.4 Å². The summed E-state index contributed by atoms with van der Waals surface area (Å²) in [6.07, 6.45) is 2.65. The molecule has 0 radical (unpaired) electrons. The van der Waals surface area contributed by atoms with Crippen molar-refractivity contribution in [1.29, 1.82) is 0 Å². The van der Waals surface area contributed by atoms with Gasteiger partial charge in [0.2, 0.25) is 0 Å². The number of alkyl carbamates (subject to hydrolysis) is 1. The van der Waals surface area contributed by atoms with Crippen LogP contribution in [0.2, 0.25) is 0 Å². The SMILES string of the molecule is COC(=O)NC[C@H](S)CCSC. The largest absolute Gasteiger partial charge is 0.453 e. The van der Waals surface area contributed by atoms with Crippen molar-refractivity contribution < 1.29 is 9.53 Å². The highest BCUT2D eigenvalue weighted by Gasteiger charge is 2.04. The van der Waals surface area contributed by atoms with Gasteiger partial charge in [-0.1, -0.05) is 0 Å². The number of hydrogen-bond acceptors (Lipinski definition) is 4. The van der Waals surface area contributed by atoms with Gasteiger partial charge in [0.1, 0.15) is 0 Å². The minimum absolute atomic E-state index is 0.219. The van der Waals surface area contributed by atoms with Crippen LogP contribution in [-0.4, -0.2) is 37.0 Å². The number of amides is 1. The quantitative estimate of drug-likeness (QED) is 0.672. The highest BCUT2D eigenvalue weighted by Crippen LogP contribution is 2.04. The first-order valence-corrected chi connectivity index (χ1v) is 5.60. The highest BCUT2D eigenvalue weighted by atomic mass is 32.2. The fraction of sp³-hybridized carbons (Fsp3) is 0.857. The van der Waals surface area contributed by atoms with Crippen molar-refractivity contribution in [2.75, 3.05) is 25.7 Å². The molecule has 3 nitrogen and oxygen atoms in total. The standard InChI is InChI=1S/C7H15NO2S2/c1-10-7(9)8-5-6(11)3-4-12-2/h6,11H,3-5H2,1-2H3,(H,8,9)/t6-/m1/s1. The number of rotatable bonds is 5. The van der Waals surface area contributed by atoms with Gasteiger partial charge >= 0.3 is 6.09 Å². The number of ether oxygens (including phenoxy) is 1. The summed E-state index contributed by atoms with van der Waals surface area (Å²) >= 11 is 6.07. The van der Waals surface area contributed by atoms with Crippen molar-refractivity contribution in [3.05, 3.63) is 0 Å². The maximum absolute atomic E-state index is 10.6. The Morgan fingerprint density at radius 1 is 1.75 bits per heavy atom. The Hall–Kier alpha value is -0.0300. The molecular weight excluding hydrogens is 194 g/mol. The zero-order chi connectivity index (χ0) is 9.40. The van der Waals surface area contributed by atoms with Gasteiger partial charge in [-0.3, -0.25) is 0 Å². The van der Waals surface area contributed by atoms with Crippen LogP contribution in [0.4, 0.5) is 4.79 Å². The zero-order valence-electron chi connectivity index (χ0n) is 7.37. The molecule has 1 atom stereocenters. The fourth-order valence-electron chi connectivity index (χ4n) is 0.629. The molecule has 0 aliphatic carbocycles. The fourth-order valence-corrected chi connectivity index (χ4v) is 1.54. The molecule has 0 aliphatic heterocycles. The molecule has 1 N–H and O–H groups in total. The van der Waals surface area contributed by atoms with Gasteiger partial charge in [0.15, 0.2) is 0 Å². The second kappa shape index (κ2) is 7.61. The van der Waals surface area contributed by atoms with Crippen LogP contribution >= 0.6 is 24.4 Å². The van der Waals surface area contributed by atoms with Crippen LogP contribution in [0.3, 0.4) is 0 Å². The lowest BCUT2D eigenvalue weighted by atomic mass is 10.3. The second-order valence-electron chi connectivity index (χ2n) is 2.31. The van der Waals surface area contributed by atoms with E-state index in [0.29, 0.717) is 6.54 Å². The van der Waals surface area contributed by atoms with E-state index in [-0.39, 0.29) is 5.25 Å². The Bertz CT molecular complexity index is 133. The lowest BCUT2D eigenvalue weighted by Gasteiger charge is -2.09. The van der Waals surface area contributed by atoms with Crippen molar-refractivity contribution in [3.63, 3.8) is 0 Å². The molecular formula is C7H15NO2S2. The van der Waals surface area contributed by atoms with Crippen molar-refractivity contribution >= 4 is 30.5 Å². The Morgan fingerprint density at radius 3 is 2.92 bits per heavy atom. The average molecular weight is 209 g/mol. The summed E-state index contributed by atoms with van der Waals surface area (Å²) in [7, 11) is 1.35. The van der Waals surface area contributed by atoms with Crippen LogP contribution in [-0.2, 0) is 4.74 Å². The number of methoxy groups -OCH3 is 1. The predicted octanol–water partition coefficient (Wildman–Crippen LogP) is 1.39.